The Labute approximate surface area is 198 Å². The Morgan fingerprint density at radius 1 is 1.00 bits per heavy atom. The van der Waals surface area contributed by atoms with E-state index >= 15 is 0 Å². The number of anilines is 4. The maximum absolute atomic E-state index is 12.9. The molecule has 1 aliphatic rings. The van der Waals surface area contributed by atoms with Gasteiger partial charge in [0.2, 0.25) is 17.8 Å². The van der Waals surface area contributed by atoms with E-state index in [9.17, 15) is 18.0 Å². The van der Waals surface area contributed by atoms with Crippen molar-refractivity contribution in [1.29, 1.82) is 0 Å². The van der Waals surface area contributed by atoms with Crippen molar-refractivity contribution in [2.45, 2.75) is 11.3 Å². The van der Waals surface area contributed by atoms with Gasteiger partial charge in [0.25, 0.3) is 0 Å². The first-order chi connectivity index (χ1) is 16.4. The lowest BCUT2D eigenvalue weighted by Crippen LogP contribution is -2.37. The van der Waals surface area contributed by atoms with Crippen molar-refractivity contribution in [3.63, 3.8) is 0 Å². The van der Waals surface area contributed by atoms with E-state index in [4.69, 9.17) is 4.74 Å². The smallest absolute Gasteiger partial charge is 0.378 e. The summed E-state index contributed by atoms with van der Waals surface area (Å²) >= 11 is 1.07. The van der Waals surface area contributed by atoms with Crippen LogP contribution in [0.1, 0.15) is 5.56 Å². The first kappa shape index (κ1) is 23.8. The lowest BCUT2D eigenvalue weighted by molar-refractivity contribution is -0.137. The molecule has 0 spiro atoms. The lowest BCUT2D eigenvalue weighted by atomic mass is 10.2. The summed E-state index contributed by atoms with van der Waals surface area (Å²) in [5.41, 5.74) is 0.0265. The number of ether oxygens (including phenoxy) is 1. The molecule has 12 heteroatoms. The first-order valence-corrected chi connectivity index (χ1v) is 11.4. The molecular formula is C22H21F3N6O2S. The zero-order chi connectivity index (χ0) is 24.0. The quantitative estimate of drug-likeness (QED) is 0.476. The normalized spacial score (nSPS) is 14.0. The van der Waals surface area contributed by atoms with Crippen molar-refractivity contribution in [1.82, 2.24) is 15.0 Å². The van der Waals surface area contributed by atoms with Crippen LogP contribution in [-0.4, -0.2) is 52.9 Å². The van der Waals surface area contributed by atoms with E-state index < -0.39 is 17.6 Å². The SMILES string of the molecule is O=C(CSc1nc(Nc2ccccc2)nc(N2CCOCC2)n1)Nc1cccc(C(F)(F)F)c1. The minimum Gasteiger partial charge on any atom is -0.378 e. The molecule has 1 aromatic heterocycles. The largest absolute Gasteiger partial charge is 0.416 e. The van der Waals surface area contributed by atoms with Gasteiger partial charge in [-0.25, -0.2) is 0 Å². The summed E-state index contributed by atoms with van der Waals surface area (Å²) in [6.45, 7) is 2.34. The molecule has 0 bridgehead atoms. The fraction of sp³-hybridized carbons (Fsp3) is 0.273. The van der Waals surface area contributed by atoms with Crippen LogP contribution in [0.25, 0.3) is 0 Å². The molecule has 0 aliphatic carbocycles. The van der Waals surface area contributed by atoms with E-state index in [1.54, 1.807) is 0 Å². The molecule has 1 amide bonds. The van der Waals surface area contributed by atoms with Gasteiger partial charge in [0.1, 0.15) is 0 Å². The van der Waals surface area contributed by atoms with Gasteiger partial charge >= 0.3 is 6.18 Å². The van der Waals surface area contributed by atoms with Gasteiger partial charge in [-0.3, -0.25) is 4.79 Å². The minimum absolute atomic E-state index is 0.0662. The number of hydrogen-bond donors (Lipinski definition) is 2. The molecule has 2 aromatic carbocycles. The third-order valence-corrected chi connectivity index (χ3v) is 5.58. The van der Waals surface area contributed by atoms with Crippen molar-refractivity contribution < 1.29 is 22.7 Å². The molecule has 1 fully saturated rings. The molecule has 0 saturated carbocycles. The van der Waals surface area contributed by atoms with Gasteiger partial charge in [0, 0.05) is 24.5 Å². The second-order valence-corrected chi connectivity index (χ2v) is 8.19. The molecule has 0 unspecified atom stereocenters. The molecule has 1 aliphatic heterocycles. The van der Waals surface area contributed by atoms with Crippen molar-refractivity contribution in [2.24, 2.45) is 0 Å². The summed E-state index contributed by atoms with van der Waals surface area (Å²) < 4.78 is 44.1. The fourth-order valence-corrected chi connectivity index (χ4v) is 3.75. The maximum Gasteiger partial charge on any atom is 0.416 e. The van der Waals surface area contributed by atoms with Gasteiger partial charge < -0.3 is 20.3 Å². The van der Waals surface area contributed by atoms with Crippen molar-refractivity contribution in [2.75, 3.05) is 47.6 Å². The Morgan fingerprint density at radius 2 is 1.74 bits per heavy atom. The number of alkyl halides is 3. The van der Waals surface area contributed by atoms with E-state index in [1.165, 1.54) is 12.1 Å². The van der Waals surface area contributed by atoms with Gasteiger partial charge in [-0.05, 0) is 30.3 Å². The van der Waals surface area contributed by atoms with E-state index in [0.29, 0.717) is 43.4 Å². The van der Waals surface area contributed by atoms with Gasteiger partial charge in [0.05, 0.1) is 24.5 Å². The summed E-state index contributed by atoms with van der Waals surface area (Å²) in [6, 6.07) is 13.9. The van der Waals surface area contributed by atoms with Crippen molar-refractivity contribution >= 4 is 40.9 Å². The highest BCUT2D eigenvalue weighted by Gasteiger charge is 2.30. The Hall–Kier alpha value is -3.38. The lowest BCUT2D eigenvalue weighted by Gasteiger charge is -2.27. The van der Waals surface area contributed by atoms with Crippen LogP contribution in [0.3, 0.4) is 0 Å². The van der Waals surface area contributed by atoms with Crippen LogP contribution >= 0.6 is 11.8 Å². The number of benzene rings is 2. The first-order valence-electron chi connectivity index (χ1n) is 10.4. The zero-order valence-electron chi connectivity index (χ0n) is 17.9. The van der Waals surface area contributed by atoms with E-state index in [2.05, 4.69) is 25.6 Å². The monoisotopic (exact) mass is 490 g/mol. The van der Waals surface area contributed by atoms with Gasteiger partial charge in [0.15, 0.2) is 5.16 Å². The molecule has 178 valence electrons. The molecule has 34 heavy (non-hydrogen) atoms. The summed E-state index contributed by atoms with van der Waals surface area (Å²) in [5.74, 6) is 0.212. The predicted molar refractivity (Wildman–Crippen MR) is 123 cm³/mol. The third-order valence-electron chi connectivity index (χ3n) is 4.73. The summed E-state index contributed by atoms with van der Waals surface area (Å²) in [7, 11) is 0. The van der Waals surface area contributed by atoms with Crippen LogP contribution in [0.2, 0.25) is 0 Å². The average Bonchev–Trinajstić information content (AvgIpc) is 2.83. The second-order valence-electron chi connectivity index (χ2n) is 7.25. The number of nitrogens with zero attached hydrogens (tertiary/aromatic N) is 4. The van der Waals surface area contributed by atoms with Crippen LogP contribution in [0, 0.1) is 0 Å². The van der Waals surface area contributed by atoms with E-state index in [1.807, 2.05) is 35.2 Å². The van der Waals surface area contributed by atoms with Crippen LogP contribution in [0.15, 0.2) is 59.8 Å². The number of carbonyl (C=O) groups is 1. The highest BCUT2D eigenvalue weighted by molar-refractivity contribution is 7.99. The van der Waals surface area contributed by atoms with Crippen LogP contribution in [0.4, 0.5) is 36.4 Å². The summed E-state index contributed by atoms with van der Waals surface area (Å²) in [6.07, 6.45) is -4.49. The number of morpholine rings is 1. The number of carbonyl (C=O) groups excluding carboxylic acids is 1. The Kier molecular flexibility index (Phi) is 7.48. The molecule has 1 saturated heterocycles. The predicted octanol–water partition coefficient (Wildman–Crippen LogP) is 4.20. The number of nitrogens with one attached hydrogen (secondary N) is 2. The van der Waals surface area contributed by atoms with E-state index in [-0.39, 0.29) is 11.4 Å². The molecule has 4 rings (SSSR count). The molecular weight excluding hydrogens is 469 g/mol. The number of hydrogen-bond acceptors (Lipinski definition) is 8. The molecule has 2 N–H and O–H groups in total. The average molecular weight is 491 g/mol. The number of amides is 1. The van der Waals surface area contributed by atoms with Crippen molar-refractivity contribution in [3.8, 4) is 0 Å². The molecule has 0 atom stereocenters. The summed E-state index contributed by atoms with van der Waals surface area (Å²) in [5, 5.41) is 5.93. The van der Waals surface area contributed by atoms with Crippen LogP contribution in [0.5, 0.6) is 0 Å². The summed E-state index contributed by atoms with van der Waals surface area (Å²) in [4.78, 5) is 27.7. The van der Waals surface area contributed by atoms with Crippen molar-refractivity contribution in [3.05, 3.63) is 60.2 Å². The van der Waals surface area contributed by atoms with Crippen LogP contribution in [-0.2, 0) is 15.7 Å². The molecule has 0 radical (unpaired) electrons. The van der Waals surface area contributed by atoms with Gasteiger partial charge in [-0.2, -0.15) is 28.1 Å². The minimum atomic E-state index is -4.49. The standard InChI is InChI=1S/C22H21F3N6O2S/c23-22(24,25)15-5-4-8-17(13-15)26-18(32)14-34-21-29-19(27-16-6-2-1-3-7-16)28-20(30-21)31-9-11-33-12-10-31/h1-8,13H,9-12,14H2,(H,26,32)(H,27,28,29,30). The number of aromatic nitrogens is 3. The highest BCUT2D eigenvalue weighted by atomic mass is 32.2. The number of para-hydroxylation sites is 1. The Balaban J connectivity index is 1.46. The van der Waals surface area contributed by atoms with Gasteiger partial charge in [-0.15, -0.1) is 0 Å². The molecule has 8 nitrogen and oxygen atoms in total. The Bertz CT molecular complexity index is 1130. The Morgan fingerprint density at radius 3 is 2.47 bits per heavy atom. The number of halogens is 3. The number of thioether (sulfide) groups is 1. The highest BCUT2D eigenvalue weighted by Crippen LogP contribution is 2.30. The maximum atomic E-state index is 12.9. The second kappa shape index (κ2) is 10.7. The van der Waals surface area contributed by atoms with E-state index in [0.717, 1.165) is 29.6 Å². The molecule has 2 heterocycles. The van der Waals surface area contributed by atoms with Gasteiger partial charge in [-0.1, -0.05) is 36.0 Å². The molecule has 3 aromatic rings. The third kappa shape index (κ3) is 6.58. The zero-order valence-corrected chi connectivity index (χ0v) is 18.7. The topological polar surface area (TPSA) is 92.3 Å². The van der Waals surface area contributed by atoms with Crippen LogP contribution < -0.4 is 15.5 Å². The number of rotatable bonds is 7. The fourth-order valence-electron chi connectivity index (χ4n) is 3.12.